The van der Waals surface area contributed by atoms with Crippen LogP contribution in [-0.4, -0.2) is 26.6 Å². The summed E-state index contributed by atoms with van der Waals surface area (Å²) in [5, 5.41) is 4.16. The Morgan fingerprint density at radius 1 is 1.04 bits per heavy atom. The zero-order valence-corrected chi connectivity index (χ0v) is 14.1. The first-order chi connectivity index (χ1) is 11.7. The second-order valence-corrected chi connectivity index (χ2v) is 6.31. The number of hydrogen-bond donors (Lipinski definition) is 1. The molecule has 0 amide bonds. The lowest BCUT2D eigenvalue weighted by Crippen LogP contribution is -2.24. The molecule has 1 saturated heterocycles. The molecule has 2 aromatic heterocycles. The first-order valence-electron chi connectivity index (χ1n) is 7.91. The number of aromatic nitrogens is 2. The van der Waals surface area contributed by atoms with Crippen LogP contribution in [0.25, 0.3) is 5.69 Å². The Bertz CT molecular complexity index is 844. The highest BCUT2D eigenvalue weighted by Crippen LogP contribution is 2.37. The van der Waals surface area contributed by atoms with Crippen molar-refractivity contribution < 1.29 is 0 Å². The molecule has 1 fully saturated rings. The van der Waals surface area contributed by atoms with Crippen molar-refractivity contribution in [2.45, 2.75) is 12.1 Å². The Kier molecular flexibility index (Phi) is 3.78. The summed E-state index contributed by atoms with van der Waals surface area (Å²) in [6.07, 6.45) is 6.09. The minimum absolute atomic E-state index is 0.0512. The molecule has 0 aliphatic carbocycles. The number of benzene rings is 1. The monoisotopic (exact) mass is 334 g/mol. The summed E-state index contributed by atoms with van der Waals surface area (Å²) >= 11 is 5.48. The van der Waals surface area contributed by atoms with Gasteiger partial charge < -0.3 is 14.8 Å². The Hall–Kier alpha value is -2.66. The fourth-order valence-electron chi connectivity index (χ4n) is 3.22. The fraction of sp³-hybridized carbons (Fsp3) is 0.158. The average Bonchev–Trinajstić information content (AvgIpc) is 3.22. The summed E-state index contributed by atoms with van der Waals surface area (Å²) in [4.78, 5) is 6.63. The molecule has 120 valence electrons. The van der Waals surface area contributed by atoms with Gasteiger partial charge in [-0.05, 0) is 48.1 Å². The topological polar surface area (TPSA) is 33.1 Å². The van der Waals surface area contributed by atoms with Gasteiger partial charge in [0.25, 0.3) is 0 Å². The molecule has 0 bridgehead atoms. The third-order valence-corrected chi connectivity index (χ3v) is 4.86. The summed E-state index contributed by atoms with van der Waals surface area (Å²) in [7, 11) is 2.03. The highest BCUT2D eigenvalue weighted by Gasteiger charge is 2.37. The van der Waals surface area contributed by atoms with Crippen LogP contribution in [0, 0.1) is 0 Å². The Balaban J connectivity index is 1.71. The third kappa shape index (κ3) is 2.57. The van der Waals surface area contributed by atoms with E-state index in [9.17, 15) is 0 Å². The van der Waals surface area contributed by atoms with E-state index in [2.05, 4.69) is 50.4 Å². The van der Waals surface area contributed by atoms with Gasteiger partial charge in [0.15, 0.2) is 5.11 Å². The molecule has 1 aliphatic heterocycles. The summed E-state index contributed by atoms with van der Waals surface area (Å²) in [6, 6.07) is 18.6. The van der Waals surface area contributed by atoms with Crippen LogP contribution < -0.4 is 5.32 Å². The minimum atomic E-state index is 0.0512. The van der Waals surface area contributed by atoms with Crippen LogP contribution in [0.3, 0.4) is 0 Å². The van der Waals surface area contributed by atoms with Gasteiger partial charge >= 0.3 is 0 Å². The van der Waals surface area contributed by atoms with Crippen LogP contribution in [0.1, 0.15) is 23.3 Å². The van der Waals surface area contributed by atoms with Crippen LogP contribution in [0.2, 0.25) is 0 Å². The van der Waals surface area contributed by atoms with Crippen molar-refractivity contribution in [2.24, 2.45) is 0 Å². The normalized spacial score (nSPS) is 20.2. The molecule has 0 radical (unpaired) electrons. The lowest BCUT2D eigenvalue weighted by atomic mass is 9.99. The van der Waals surface area contributed by atoms with Gasteiger partial charge in [0.2, 0.25) is 0 Å². The van der Waals surface area contributed by atoms with Gasteiger partial charge in [-0.3, -0.25) is 4.98 Å². The van der Waals surface area contributed by atoms with E-state index in [-0.39, 0.29) is 12.1 Å². The summed E-state index contributed by atoms with van der Waals surface area (Å²) in [5.41, 5.74) is 3.36. The molecule has 3 aromatic rings. The molecular weight excluding hydrogens is 316 g/mol. The average molecular weight is 334 g/mol. The summed E-state index contributed by atoms with van der Waals surface area (Å²) in [6.45, 7) is 0. The first kappa shape index (κ1) is 14.9. The number of nitrogens with one attached hydrogen (secondary N) is 1. The Labute approximate surface area is 146 Å². The van der Waals surface area contributed by atoms with Gasteiger partial charge in [0, 0.05) is 31.3 Å². The standard InChI is InChI=1S/C19H18N4S/c1-22-18(17(21-19(22)24)16-9-5-6-11-20-16)14-10-12-23(13-14)15-7-3-2-4-8-15/h2-13,17-18H,1H3,(H,21,24). The Morgan fingerprint density at radius 3 is 2.58 bits per heavy atom. The molecule has 24 heavy (non-hydrogen) atoms. The highest BCUT2D eigenvalue weighted by molar-refractivity contribution is 7.80. The van der Waals surface area contributed by atoms with Crippen LogP contribution >= 0.6 is 12.2 Å². The van der Waals surface area contributed by atoms with E-state index in [1.54, 1.807) is 0 Å². The van der Waals surface area contributed by atoms with E-state index in [1.807, 2.05) is 49.6 Å². The molecule has 1 N–H and O–H groups in total. The molecule has 4 nitrogen and oxygen atoms in total. The second kappa shape index (κ2) is 6.09. The SMILES string of the molecule is CN1C(=S)NC(c2ccccn2)C1c1ccn(-c2ccccc2)c1. The predicted octanol–water partition coefficient (Wildman–Crippen LogP) is 3.47. The lowest BCUT2D eigenvalue weighted by Gasteiger charge is -2.23. The number of likely N-dealkylation sites (N-methyl/N-ethyl adjacent to an activating group) is 1. The number of nitrogens with zero attached hydrogens (tertiary/aromatic N) is 3. The number of hydrogen-bond acceptors (Lipinski definition) is 2. The van der Waals surface area contributed by atoms with Crippen molar-refractivity contribution in [1.82, 2.24) is 19.8 Å². The van der Waals surface area contributed by atoms with Gasteiger partial charge in [0.1, 0.15) is 0 Å². The smallest absolute Gasteiger partial charge is 0.169 e. The molecular formula is C19H18N4S. The molecule has 4 rings (SSSR count). The van der Waals surface area contributed by atoms with E-state index >= 15 is 0 Å². The van der Waals surface area contributed by atoms with Crippen molar-refractivity contribution in [3.63, 3.8) is 0 Å². The highest BCUT2D eigenvalue weighted by atomic mass is 32.1. The van der Waals surface area contributed by atoms with Crippen molar-refractivity contribution in [3.8, 4) is 5.69 Å². The zero-order valence-electron chi connectivity index (χ0n) is 13.3. The van der Waals surface area contributed by atoms with E-state index in [4.69, 9.17) is 12.2 Å². The van der Waals surface area contributed by atoms with E-state index in [0.29, 0.717) is 0 Å². The maximum atomic E-state index is 5.48. The van der Waals surface area contributed by atoms with Gasteiger partial charge in [-0.2, -0.15) is 0 Å². The van der Waals surface area contributed by atoms with Crippen LogP contribution in [0.4, 0.5) is 0 Å². The second-order valence-electron chi connectivity index (χ2n) is 5.93. The molecule has 3 heterocycles. The predicted molar refractivity (Wildman–Crippen MR) is 99.0 cm³/mol. The Morgan fingerprint density at radius 2 is 1.83 bits per heavy atom. The van der Waals surface area contributed by atoms with Crippen molar-refractivity contribution in [2.75, 3.05) is 7.05 Å². The van der Waals surface area contributed by atoms with E-state index in [1.165, 1.54) is 5.56 Å². The molecule has 2 atom stereocenters. The molecule has 0 spiro atoms. The van der Waals surface area contributed by atoms with Gasteiger partial charge in [0.05, 0.1) is 17.8 Å². The van der Waals surface area contributed by atoms with Gasteiger partial charge in [-0.25, -0.2) is 0 Å². The van der Waals surface area contributed by atoms with Crippen LogP contribution in [-0.2, 0) is 0 Å². The molecule has 5 heteroatoms. The molecule has 0 saturated carbocycles. The molecule has 2 unspecified atom stereocenters. The first-order valence-corrected chi connectivity index (χ1v) is 8.32. The number of rotatable bonds is 3. The zero-order chi connectivity index (χ0) is 16.5. The van der Waals surface area contributed by atoms with Crippen molar-refractivity contribution in [1.29, 1.82) is 0 Å². The summed E-state index contributed by atoms with van der Waals surface area (Å²) < 4.78 is 2.14. The van der Waals surface area contributed by atoms with E-state index < -0.39 is 0 Å². The maximum absolute atomic E-state index is 5.48. The minimum Gasteiger partial charge on any atom is -0.352 e. The largest absolute Gasteiger partial charge is 0.352 e. The van der Waals surface area contributed by atoms with Gasteiger partial charge in [-0.1, -0.05) is 24.3 Å². The number of thiocarbonyl (C=S) groups is 1. The number of pyridine rings is 1. The third-order valence-electron chi connectivity index (χ3n) is 4.45. The van der Waals surface area contributed by atoms with Crippen molar-refractivity contribution >= 4 is 17.3 Å². The maximum Gasteiger partial charge on any atom is 0.169 e. The quantitative estimate of drug-likeness (QED) is 0.744. The van der Waals surface area contributed by atoms with Crippen LogP contribution in [0.5, 0.6) is 0 Å². The fourth-order valence-corrected chi connectivity index (χ4v) is 3.46. The lowest BCUT2D eigenvalue weighted by molar-refractivity contribution is 0.368. The molecule has 1 aliphatic rings. The number of para-hydroxylation sites is 1. The van der Waals surface area contributed by atoms with Crippen molar-refractivity contribution in [3.05, 3.63) is 84.4 Å². The van der Waals surface area contributed by atoms with Crippen LogP contribution in [0.15, 0.2) is 73.2 Å². The van der Waals surface area contributed by atoms with Gasteiger partial charge in [-0.15, -0.1) is 0 Å². The summed E-state index contributed by atoms with van der Waals surface area (Å²) in [5.74, 6) is 0. The molecule has 1 aromatic carbocycles. The van der Waals surface area contributed by atoms with E-state index in [0.717, 1.165) is 16.5 Å².